The lowest BCUT2D eigenvalue weighted by molar-refractivity contribution is 0.0953. The van der Waals surface area contributed by atoms with Gasteiger partial charge >= 0.3 is 0 Å². The number of nitrogens with two attached hydrogens (primary N) is 1. The molecule has 0 unspecified atom stereocenters. The zero-order valence-electron chi connectivity index (χ0n) is 8.55. The molecule has 7 nitrogen and oxygen atoms in total. The van der Waals surface area contributed by atoms with E-state index in [0.717, 1.165) is 0 Å². The number of carbonyl (C=O) groups excluding carboxylic acids is 1. The summed E-state index contributed by atoms with van der Waals surface area (Å²) in [6, 6.07) is 1.83. The second-order valence-electron chi connectivity index (χ2n) is 3.22. The van der Waals surface area contributed by atoms with Crippen LogP contribution in [0.5, 0.6) is 0 Å². The molecule has 0 aliphatic carbocycles. The molecule has 0 fully saturated rings. The molecule has 0 saturated heterocycles. The number of rotatable bonds is 4. The van der Waals surface area contributed by atoms with E-state index in [2.05, 4.69) is 20.6 Å². The maximum Gasteiger partial charge on any atom is 0.256 e. The highest BCUT2D eigenvalue weighted by molar-refractivity contribution is 5.97. The molecule has 4 N–H and O–H groups in total. The Hall–Kier alpha value is -2.31. The number of nitrogens with zero attached hydrogens (tertiary/aromatic N) is 3. The Morgan fingerprint density at radius 2 is 2.50 bits per heavy atom. The third-order valence-electron chi connectivity index (χ3n) is 2.10. The van der Waals surface area contributed by atoms with E-state index in [-0.39, 0.29) is 11.7 Å². The predicted octanol–water partition coefficient (Wildman–Crippen LogP) is -0.382. The molecular formula is C9H12N6O. The molecule has 2 heterocycles. The van der Waals surface area contributed by atoms with Gasteiger partial charge in [0, 0.05) is 18.9 Å². The van der Waals surface area contributed by atoms with Crippen molar-refractivity contribution in [2.24, 2.45) is 0 Å². The summed E-state index contributed by atoms with van der Waals surface area (Å²) in [5.41, 5.74) is 5.87. The predicted molar refractivity (Wildman–Crippen MR) is 57.6 cm³/mol. The first-order valence-electron chi connectivity index (χ1n) is 4.82. The van der Waals surface area contributed by atoms with Crippen molar-refractivity contribution in [1.29, 1.82) is 0 Å². The van der Waals surface area contributed by atoms with E-state index in [0.29, 0.717) is 18.7 Å². The Labute approximate surface area is 91.6 Å². The first kappa shape index (κ1) is 10.2. The Bertz CT molecular complexity index is 460. The average molecular weight is 220 g/mol. The summed E-state index contributed by atoms with van der Waals surface area (Å²) in [5.74, 6) is 0.0370. The SMILES string of the molecule is Nc1[nH]ncc1C(=O)NCCn1cccn1. The average Bonchev–Trinajstić information content (AvgIpc) is 2.88. The minimum Gasteiger partial charge on any atom is -0.383 e. The molecule has 0 radical (unpaired) electrons. The van der Waals surface area contributed by atoms with Gasteiger partial charge < -0.3 is 11.1 Å². The molecule has 2 aromatic heterocycles. The quantitative estimate of drug-likeness (QED) is 0.653. The normalized spacial score (nSPS) is 10.2. The van der Waals surface area contributed by atoms with Crippen molar-refractivity contribution >= 4 is 11.7 Å². The van der Waals surface area contributed by atoms with Gasteiger partial charge in [-0.2, -0.15) is 10.2 Å². The van der Waals surface area contributed by atoms with E-state index in [1.165, 1.54) is 6.20 Å². The molecule has 0 aromatic carbocycles. The number of hydrogen-bond acceptors (Lipinski definition) is 4. The van der Waals surface area contributed by atoms with Gasteiger partial charge in [-0.25, -0.2) is 0 Å². The number of amides is 1. The van der Waals surface area contributed by atoms with E-state index in [1.807, 2.05) is 12.3 Å². The van der Waals surface area contributed by atoms with E-state index in [1.54, 1.807) is 10.9 Å². The van der Waals surface area contributed by atoms with Crippen LogP contribution in [0.4, 0.5) is 5.82 Å². The topological polar surface area (TPSA) is 102 Å². The molecule has 0 saturated carbocycles. The second-order valence-corrected chi connectivity index (χ2v) is 3.22. The fraction of sp³-hybridized carbons (Fsp3) is 0.222. The number of nitrogen functional groups attached to an aromatic ring is 1. The molecule has 2 rings (SSSR count). The summed E-state index contributed by atoms with van der Waals surface area (Å²) in [6.07, 6.45) is 4.92. The van der Waals surface area contributed by atoms with Crippen molar-refractivity contribution in [3.63, 3.8) is 0 Å². The van der Waals surface area contributed by atoms with E-state index >= 15 is 0 Å². The molecule has 0 aliphatic heterocycles. The summed E-state index contributed by atoms with van der Waals surface area (Å²) < 4.78 is 1.74. The Morgan fingerprint density at radius 1 is 1.62 bits per heavy atom. The summed E-state index contributed by atoms with van der Waals surface area (Å²) in [5, 5.41) is 12.9. The van der Waals surface area contributed by atoms with Gasteiger partial charge in [-0.15, -0.1) is 0 Å². The van der Waals surface area contributed by atoms with Crippen molar-refractivity contribution in [3.05, 3.63) is 30.2 Å². The third-order valence-corrected chi connectivity index (χ3v) is 2.10. The highest BCUT2D eigenvalue weighted by Crippen LogP contribution is 2.04. The van der Waals surface area contributed by atoms with Crippen LogP contribution in [-0.4, -0.2) is 32.4 Å². The third kappa shape index (κ3) is 2.19. The fourth-order valence-corrected chi connectivity index (χ4v) is 1.29. The molecular weight excluding hydrogens is 208 g/mol. The van der Waals surface area contributed by atoms with Crippen molar-refractivity contribution < 1.29 is 4.79 Å². The lowest BCUT2D eigenvalue weighted by Crippen LogP contribution is -2.27. The monoisotopic (exact) mass is 220 g/mol. The van der Waals surface area contributed by atoms with Crippen LogP contribution in [0.25, 0.3) is 0 Å². The maximum atomic E-state index is 11.6. The van der Waals surface area contributed by atoms with Crippen LogP contribution in [-0.2, 0) is 6.54 Å². The Balaban J connectivity index is 1.83. The van der Waals surface area contributed by atoms with Gasteiger partial charge in [0.05, 0.1) is 12.7 Å². The largest absolute Gasteiger partial charge is 0.383 e. The second kappa shape index (κ2) is 4.47. The number of anilines is 1. The van der Waals surface area contributed by atoms with E-state index < -0.39 is 0 Å². The molecule has 0 spiro atoms. The highest BCUT2D eigenvalue weighted by Gasteiger charge is 2.10. The van der Waals surface area contributed by atoms with Crippen LogP contribution < -0.4 is 11.1 Å². The Morgan fingerprint density at radius 3 is 3.12 bits per heavy atom. The zero-order chi connectivity index (χ0) is 11.4. The molecule has 0 bridgehead atoms. The lowest BCUT2D eigenvalue weighted by Gasteiger charge is -2.04. The summed E-state index contributed by atoms with van der Waals surface area (Å²) in [7, 11) is 0. The standard InChI is InChI=1S/C9H12N6O/c10-8-7(6-12-14-8)9(16)11-3-5-15-4-1-2-13-15/h1-2,4,6H,3,5H2,(H,11,16)(H3,10,12,14). The summed E-state index contributed by atoms with van der Waals surface area (Å²) >= 11 is 0. The van der Waals surface area contributed by atoms with Crippen molar-refractivity contribution in [2.45, 2.75) is 6.54 Å². The smallest absolute Gasteiger partial charge is 0.256 e. The molecule has 16 heavy (non-hydrogen) atoms. The number of nitrogens with one attached hydrogen (secondary N) is 2. The molecule has 0 atom stereocenters. The van der Waals surface area contributed by atoms with Crippen LogP contribution in [0.15, 0.2) is 24.7 Å². The first-order valence-corrected chi connectivity index (χ1v) is 4.82. The fourth-order valence-electron chi connectivity index (χ4n) is 1.29. The highest BCUT2D eigenvalue weighted by atomic mass is 16.1. The van der Waals surface area contributed by atoms with Gasteiger partial charge in [0.25, 0.3) is 5.91 Å². The number of carbonyl (C=O) groups is 1. The van der Waals surface area contributed by atoms with Crippen LogP contribution in [0, 0.1) is 0 Å². The van der Waals surface area contributed by atoms with Gasteiger partial charge in [-0.05, 0) is 6.07 Å². The number of hydrogen-bond donors (Lipinski definition) is 3. The summed E-state index contributed by atoms with van der Waals surface area (Å²) in [4.78, 5) is 11.6. The minimum absolute atomic E-state index is 0.238. The van der Waals surface area contributed by atoms with Crippen LogP contribution in [0.2, 0.25) is 0 Å². The minimum atomic E-state index is -0.238. The molecule has 1 amide bonds. The molecule has 2 aromatic rings. The van der Waals surface area contributed by atoms with Gasteiger partial charge in [-0.3, -0.25) is 14.6 Å². The first-order chi connectivity index (χ1) is 7.77. The Kier molecular flexibility index (Phi) is 2.86. The van der Waals surface area contributed by atoms with Gasteiger partial charge in [0.2, 0.25) is 0 Å². The van der Waals surface area contributed by atoms with Gasteiger partial charge in [-0.1, -0.05) is 0 Å². The lowest BCUT2D eigenvalue weighted by atomic mass is 10.3. The van der Waals surface area contributed by atoms with Crippen molar-refractivity contribution in [1.82, 2.24) is 25.3 Å². The molecule has 0 aliphatic rings. The van der Waals surface area contributed by atoms with E-state index in [4.69, 9.17) is 5.73 Å². The maximum absolute atomic E-state index is 11.6. The van der Waals surface area contributed by atoms with Crippen molar-refractivity contribution in [3.8, 4) is 0 Å². The number of aromatic nitrogens is 4. The van der Waals surface area contributed by atoms with Crippen LogP contribution in [0.1, 0.15) is 10.4 Å². The van der Waals surface area contributed by atoms with Crippen LogP contribution >= 0.6 is 0 Å². The van der Waals surface area contributed by atoms with Gasteiger partial charge in [0.15, 0.2) is 0 Å². The van der Waals surface area contributed by atoms with Crippen LogP contribution in [0.3, 0.4) is 0 Å². The van der Waals surface area contributed by atoms with Crippen molar-refractivity contribution in [2.75, 3.05) is 12.3 Å². The zero-order valence-corrected chi connectivity index (χ0v) is 8.55. The number of H-pyrrole nitrogens is 1. The molecule has 7 heteroatoms. The number of aromatic amines is 1. The summed E-state index contributed by atoms with van der Waals surface area (Å²) in [6.45, 7) is 1.11. The van der Waals surface area contributed by atoms with Gasteiger partial charge in [0.1, 0.15) is 11.4 Å². The van der Waals surface area contributed by atoms with E-state index in [9.17, 15) is 4.79 Å². The molecule has 84 valence electrons.